The van der Waals surface area contributed by atoms with E-state index in [2.05, 4.69) is 9.97 Å². The molecule has 0 bridgehead atoms. The molecule has 0 aliphatic carbocycles. The van der Waals surface area contributed by atoms with Crippen LogP contribution in [0.2, 0.25) is 0 Å². The molecule has 2 aromatic heterocycles. The average molecular weight is 599 g/mol. The second-order valence-corrected chi connectivity index (χ2v) is 13.3. The highest BCUT2D eigenvalue weighted by Crippen LogP contribution is 2.29. The molecule has 3 aromatic carbocycles. The lowest BCUT2D eigenvalue weighted by atomic mass is 10.1. The van der Waals surface area contributed by atoms with E-state index in [0.717, 1.165) is 18.1 Å². The summed E-state index contributed by atoms with van der Waals surface area (Å²) >= 11 is 0. The van der Waals surface area contributed by atoms with Crippen LogP contribution < -0.4 is 4.74 Å². The first-order chi connectivity index (χ1) is 19.4. The van der Waals surface area contributed by atoms with Crippen molar-refractivity contribution in [2.45, 2.75) is 29.6 Å². The average Bonchev–Trinajstić information content (AvgIpc) is 3.24. The Hall–Kier alpha value is -4.23. The number of sulfone groups is 2. The molecule has 0 spiro atoms. The minimum absolute atomic E-state index is 0.0359. The number of halogens is 2. The second-order valence-electron chi connectivity index (χ2n) is 9.42. The van der Waals surface area contributed by atoms with E-state index in [-0.39, 0.29) is 22.3 Å². The zero-order valence-corrected chi connectivity index (χ0v) is 23.5. The molecular weight excluding hydrogens is 574 g/mol. The fourth-order valence-electron chi connectivity index (χ4n) is 4.37. The minimum Gasteiger partial charge on any atom is -0.434 e. The van der Waals surface area contributed by atoms with Crippen molar-refractivity contribution in [2.75, 3.05) is 12.5 Å². The quantitative estimate of drug-likeness (QED) is 0.227. The molecule has 212 valence electrons. The Kier molecular flexibility index (Phi) is 7.58. The number of fused-ring (bicyclic) bond motifs is 1. The smallest absolute Gasteiger partial charge is 0.387 e. The molecule has 5 aromatic rings. The van der Waals surface area contributed by atoms with E-state index in [9.17, 15) is 25.6 Å². The van der Waals surface area contributed by atoms with Gasteiger partial charge in [-0.3, -0.25) is 0 Å². The number of hydrogen-bond donors (Lipinski definition) is 0. The number of aromatic nitrogens is 4. The van der Waals surface area contributed by atoms with Crippen molar-refractivity contribution in [3.05, 3.63) is 96.1 Å². The van der Waals surface area contributed by atoms with Gasteiger partial charge in [0.15, 0.2) is 9.84 Å². The van der Waals surface area contributed by atoms with Crippen LogP contribution in [0.15, 0.2) is 89.2 Å². The van der Waals surface area contributed by atoms with E-state index in [1.54, 1.807) is 42.5 Å². The molecule has 0 aliphatic rings. The molecule has 0 saturated heterocycles. The first-order valence-electron chi connectivity index (χ1n) is 12.2. The summed E-state index contributed by atoms with van der Waals surface area (Å²) in [6, 6.07) is 18.4. The van der Waals surface area contributed by atoms with Crippen LogP contribution in [-0.4, -0.2) is 55.5 Å². The van der Waals surface area contributed by atoms with Gasteiger partial charge < -0.3 is 9.30 Å². The van der Waals surface area contributed by atoms with Crippen molar-refractivity contribution in [1.29, 1.82) is 0 Å². The molecule has 0 atom stereocenters. The maximum absolute atomic E-state index is 13.1. The molecule has 41 heavy (non-hydrogen) atoms. The highest BCUT2D eigenvalue weighted by Gasteiger charge is 2.18. The maximum Gasteiger partial charge on any atom is 0.387 e. The number of alkyl halides is 2. The summed E-state index contributed by atoms with van der Waals surface area (Å²) < 4.78 is 80.2. The van der Waals surface area contributed by atoms with E-state index < -0.39 is 26.3 Å². The Balaban J connectivity index is 1.60. The largest absolute Gasteiger partial charge is 0.434 e. The number of benzene rings is 3. The molecule has 0 amide bonds. The van der Waals surface area contributed by atoms with Crippen molar-refractivity contribution in [1.82, 2.24) is 19.5 Å². The lowest BCUT2D eigenvalue weighted by Crippen LogP contribution is -2.10. The van der Waals surface area contributed by atoms with Gasteiger partial charge in [0.2, 0.25) is 15.0 Å². The molecule has 13 heteroatoms. The zero-order valence-electron chi connectivity index (χ0n) is 21.9. The number of ether oxygens (including phenoxy) is 1. The fraction of sp³-hybridized carbons (Fsp3) is 0.179. The maximum atomic E-state index is 13.1. The predicted molar refractivity (Wildman–Crippen MR) is 148 cm³/mol. The zero-order chi connectivity index (χ0) is 29.4. The topological polar surface area (TPSA) is 121 Å². The number of nitrogens with zero attached hydrogens (tertiary/aromatic N) is 4. The van der Waals surface area contributed by atoms with Crippen LogP contribution in [0.5, 0.6) is 5.75 Å². The van der Waals surface area contributed by atoms with Gasteiger partial charge in [-0.05, 0) is 41.5 Å². The Morgan fingerprint density at radius 1 is 0.854 bits per heavy atom. The van der Waals surface area contributed by atoms with Crippen LogP contribution in [0.1, 0.15) is 17.0 Å². The van der Waals surface area contributed by atoms with Crippen molar-refractivity contribution in [3.8, 4) is 16.9 Å². The number of imidazole rings is 1. The Morgan fingerprint density at radius 2 is 1.54 bits per heavy atom. The summed E-state index contributed by atoms with van der Waals surface area (Å²) in [7, 11) is -6.92. The van der Waals surface area contributed by atoms with Gasteiger partial charge in [0.1, 0.15) is 11.6 Å². The molecule has 5 rings (SSSR count). The highest BCUT2D eigenvalue weighted by molar-refractivity contribution is 7.90. The van der Waals surface area contributed by atoms with Crippen LogP contribution in [-0.2, 0) is 32.6 Å². The molecule has 9 nitrogen and oxygen atoms in total. The SMILES string of the molecule is CS(=O)(=O)c1ccc(Cc2nc3ccc(-c4cnc(S(C)(=O)=O)nc4)cc3n2Cc2ccccc2OC(F)F)cc1. The molecular formula is C28H24F2N4O5S2. The molecule has 0 aliphatic heterocycles. The van der Waals surface area contributed by atoms with Gasteiger partial charge in [-0.25, -0.2) is 31.8 Å². The van der Waals surface area contributed by atoms with E-state index in [4.69, 9.17) is 9.72 Å². The third-order valence-corrected chi connectivity index (χ3v) is 8.35. The van der Waals surface area contributed by atoms with Crippen LogP contribution in [0.3, 0.4) is 0 Å². The standard InChI is InChI=1S/C28H24F2N4O5S2/c1-40(35,36)22-10-7-18(8-11-22)13-26-33-23-12-9-19(21-15-31-28(32-16-21)41(2,37)38)14-24(23)34(26)17-20-5-3-4-6-25(20)39-27(29)30/h3-12,14-16,27H,13,17H2,1-2H3. The second kappa shape index (κ2) is 11.0. The van der Waals surface area contributed by atoms with Crippen molar-refractivity contribution >= 4 is 30.7 Å². The summed E-state index contributed by atoms with van der Waals surface area (Å²) in [6.45, 7) is -2.84. The Morgan fingerprint density at radius 3 is 2.17 bits per heavy atom. The van der Waals surface area contributed by atoms with Crippen LogP contribution in [0, 0.1) is 0 Å². The van der Waals surface area contributed by atoms with Gasteiger partial charge in [0, 0.05) is 42.5 Å². The third kappa shape index (κ3) is 6.41. The first-order valence-corrected chi connectivity index (χ1v) is 16.0. The summed E-state index contributed by atoms with van der Waals surface area (Å²) in [4.78, 5) is 12.9. The summed E-state index contributed by atoms with van der Waals surface area (Å²) in [5, 5.41) is -0.285. The highest BCUT2D eigenvalue weighted by atomic mass is 32.2. The molecule has 0 radical (unpaired) electrons. The lowest BCUT2D eigenvalue weighted by Gasteiger charge is -2.14. The van der Waals surface area contributed by atoms with Gasteiger partial charge in [-0.2, -0.15) is 8.78 Å². The predicted octanol–water partition coefficient (Wildman–Crippen LogP) is 4.54. The van der Waals surface area contributed by atoms with Gasteiger partial charge >= 0.3 is 6.61 Å². The van der Waals surface area contributed by atoms with Gasteiger partial charge in [-0.15, -0.1) is 0 Å². The Bertz CT molecular complexity index is 1940. The molecule has 0 unspecified atom stereocenters. The van der Waals surface area contributed by atoms with Crippen molar-refractivity contribution in [2.24, 2.45) is 0 Å². The summed E-state index contributed by atoms with van der Waals surface area (Å²) in [5.74, 6) is 0.647. The summed E-state index contributed by atoms with van der Waals surface area (Å²) in [6.07, 6.45) is 5.33. The van der Waals surface area contributed by atoms with Gasteiger partial charge in [0.05, 0.1) is 22.5 Å². The van der Waals surface area contributed by atoms with Crippen LogP contribution >= 0.6 is 0 Å². The molecule has 0 N–H and O–H groups in total. The minimum atomic E-state index is -3.56. The van der Waals surface area contributed by atoms with E-state index >= 15 is 0 Å². The third-order valence-electron chi connectivity index (χ3n) is 6.35. The van der Waals surface area contributed by atoms with Crippen LogP contribution in [0.4, 0.5) is 8.78 Å². The lowest BCUT2D eigenvalue weighted by molar-refractivity contribution is -0.0504. The van der Waals surface area contributed by atoms with Crippen LogP contribution in [0.25, 0.3) is 22.2 Å². The monoisotopic (exact) mass is 598 g/mol. The van der Waals surface area contributed by atoms with E-state index in [1.807, 2.05) is 10.6 Å². The van der Waals surface area contributed by atoms with Crippen molar-refractivity contribution in [3.63, 3.8) is 0 Å². The molecule has 2 heterocycles. The molecule has 0 fully saturated rings. The van der Waals surface area contributed by atoms with E-state index in [1.165, 1.54) is 30.6 Å². The molecule has 0 saturated carbocycles. The van der Waals surface area contributed by atoms with Crippen molar-refractivity contribution < 1.29 is 30.4 Å². The van der Waals surface area contributed by atoms with Gasteiger partial charge in [-0.1, -0.05) is 36.4 Å². The first kappa shape index (κ1) is 28.3. The number of rotatable bonds is 9. The number of para-hydroxylation sites is 1. The van der Waals surface area contributed by atoms with E-state index in [0.29, 0.717) is 40.0 Å². The van der Waals surface area contributed by atoms with Gasteiger partial charge in [0.25, 0.3) is 0 Å². The Labute approximate surface area is 235 Å². The fourth-order valence-corrected chi connectivity index (χ4v) is 5.49. The normalized spacial score (nSPS) is 12.2. The number of hydrogen-bond acceptors (Lipinski definition) is 8. The summed E-state index contributed by atoms with van der Waals surface area (Å²) in [5.41, 5.74) is 3.90.